The lowest BCUT2D eigenvalue weighted by Crippen LogP contribution is -2.38. The molecule has 1 saturated heterocycles. The molecule has 0 unspecified atom stereocenters. The van der Waals surface area contributed by atoms with Crippen molar-refractivity contribution in [1.82, 2.24) is 15.0 Å². The lowest BCUT2D eigenvalue weighted by atomic mass is 9.89. The molecule has 1 aliphatic heterocycles. The van der Waals surface area contributed by atoms with Crippen molar-refractivity contribution in [3.8, 4) is 0 Å². The zero-order valence-corrected chi connectivity index (χ0v) is 24.6. The summed E-state index contributed by atoms with van der Waals surface area (Å²) in [5.74, 6) is -0.737. The first-order valence-corrected chi connectivity index (χ1v) is 15.0. The van der Waals surface area contributed by atoms with Crippen LogP contribution >= 0.6 is 11.6 Å². The highest BCUT2D eigenvalue weighted by Gasteiger charge is 2.31. The molecule has 1 fully saturated rings. The Balaban J connectivity index is 1.48. The number of likely N-dealkylation sites (tertiary alicyclic amines) is 1. The topological polar surface area (TPSA) is 117 Å². The maximum absolute atomic E-state index is 13.8. The van der Waals surface area contributed by atoms with Crippen molar-refractivity contribution in [3.63, 3.8) is 0 Å². The van der Waals surface area contributed by atoms with E-state index < -0.39 is 26.8 Å². The van der Waals surface area contributed by atoms with Crippen LogP contribution in [0, 0.1) is 32.4 Å². The van der Waals surface area contributed by atoms with Crippen LogP contribution in [0.15, 0.2) is 58.2 Å². The molecular weight excluding hydrogens is 588 g/mol. The molecule has 0 radical (unpaired) electrons. The molecule has 3 heterocycles. The molecule has 2 N–H and O–H groups in total. The van der Waals surface area contributed by atoms with Gasteiger partial charge in [-0.25, -0.2) is 13.8 Å². The van der Waals surface area contributed by atoms with E-state index in [2.05, 4.69) is 20.2 Å². The highest BCUT2D eigenvalue weighted by Crippen LogP contribution is 2.37. The molecule has 4 aromatic rings. The number of amides is 1. The van der Waals surface area contributed by atoms with Gasteiger partial charge in [-0.15, -0.1) is 0 Å². The van der Waals surface area contributed by atoms with E-state index in [1.54, 1.807) is 37.8 Å². The number of carbonyl (C=O) groups is 1. The average molecular weight is 616 g/mol. The van der Waals surface area contributed by atoms with Gasteiger partial charge in [0, 0.05) is 25.0 Å². The molecule has 0 saturated carbocycles. The summed E-state index contributed by atoms with van der Waals surface area (Å²) in [6.45, 7) is 5.63. The second kappa shape index (κ2) is 11.7. The van der Waals surface area contributed by atoms with Crippen LogP contribution in [0.1, 0.15) is 51.7 Å². The van der Waals surface area contributed by atoms with Gasteiger partial charge in [-0.1, -0.05) is 28.9 Å². The van der Waals surface area contributed by atoms with Gasteiger partial charge in [0.1, 0.15) is 28.0 Å². The zero-order chi connectivity index (χ0) is 30.2. The molecule has 0 atom stereocenters. The first-order chi connectivity index (χ1) is 19.9. The normalized spacial score (nSPS) is 14.2. The molecular formula is C29H28ClF2N5O4S. The van der Waals surface area contributed by atoms with Gasteiger partial charge in [0.05, 0.1) is 11.3 Å². The Morgan fingerprint density at radius 2 is 1.69 bits per heavy atom. The number of hydrogen-bond acceptors (Lipinski definition) is 7. The van der Waals surface area contributed by atoms with Gasteiger partial charge in [0.25, 0.3) is 15.9 Å². The minimum absolute atomic E-state index is 0.0196. The summed E-state index contributed by atoms with van der Waals surface area (Å²) in [5, 5.41) is 5.97. The number of carbonyl (C=O) groups excluding carboxylic acids is 1. The quantitative estimate of drug-likeness (QED) is 0.244. The summed E-state index contributed by atoms with van der Waals surface area (Å²) in [5.41, 5.74) is 2.49. The molecule has 0 spiro atoms. The summed E-state index contributed by atoms with van der Waals surface area (Å²) in [7, 11) is -4.34. The van der Waals surface area contributed by atoms with Gasteiger partial charge in [-0.2, -0.15) is 8.42 Å². The molecule has 2 aromatic heterocycles. The molecule has 0 bridgehead atoms. The second-order valence-electron chi connectivity index (χ2n) is 10.2. The molecule has 5 rings (SSSR count). The highest BCUT2D eigenvalue weighted by molar-refractivity contribution is 7.92. The molecule has 9 nitrogen and oxygen atoms in total. The maximum Gasteiger partial charge on any atom is 0.281 e. The molecule has 1 amide bonds. The van der Waals surface area contributed by atoms with Gasteiger partial charge in [-0.05, 0) is 81.0 Å². The molecule has 220 valence electrons. The van der Waals surface area contributed by atoms with Gasteiger partial charge in [0.2, 0.25) is 0 Å². The third-order valence-corrected chi connectivity index (χ3v) is 9.09. The van der Waals surface area contributed by atoms with E-state index in [9.17, 15) is 22.0 Å². The monoisotopic (exact) mass is 615 g/mol. The van der Waals surface area contributed by atoms with E-state index in [0.29, 0.717) is 42.9 Å². The van der Waals surface area contributed by atoms with Crippen LogP contribution in [0.25, 0.3) is 0 Å². The van der Waals surface area contributed by atoms with Crippen molar-refractivity contribution in [2.24, 2.45) is 0 Å². The number of nitrogens with one attached hydrogen (secondary N) is 2. The number of aromatic nitrogens is 2. The number of aryl methyl sites for hydroxylation is 3. The van der Waals surface area contributed by atoms with Crippen LogP contribution in [-0.2, 0) is 10.0 Å². The van der Waals surface area contributed by atoms with Crippen molar-refractivity contribution in [2.45, 2.75) is 44.6 Å². The Bertz CT molecular complexity index is 1740. The molecule has 42 heavy (non-hydrogen) atoms. The van der Waals surface area contributed by atoms with Gasteiger partial charge < -0.3 is 14.7 Å². The number of nitrogens with zero attached hydrogens (tertiary/aromatic N) is 3. The smallest absolute Gasteiger partial charge is 0.281 e. The van der Waals surface area contributed by atoms with Crippen molar-refractivity contribution in [3.05, 3.63) is 93.5 Å². The minimum atomic E-state index is -4.34. The largest absolute Gasteiger partial charge is 0.359 e. The van der Waals surface area contributed by atoms with Crippen LogP contribution in [0.5, 0.6) is 0 Å². The van der Waals surface area contributed by atoms with E-state index in [1.165, 1.54) is 36.5 Å². The molecule has 0 aliphatic carbocycles. The van der Waals surface area contributed by atoms with Crippen LogP contribution in [0.3, 0.4) is 0 Å². The number of piperidine rings is 1. The number of pyridine rings is 1. The number of benzene rings is 2. The fraction of sp³-hybridized carbons (Fsp3) is 0.276. The highest BCUT2D eigenvalue weighted by atomic mass is 35.5. The van der Waals surface area contributed by atoms with E-state index in [1.807, 2.05) is 0 Å². The predicted octanol–water partition coefficient (Wildman–Crippen LogP) is 6.49. The minimum Gasteiger partial charge on any atom is -0.359 e. The van der Waals surface area contributed by atoms with Crippen LogP contribution in [0.4, 0.5) is 25.8 Å². The maximum atomic E-state index is 13.8. The van der Waals surface area contributed by atoms with E-state index >= 15 is 0 Å². The second-order valence-corrected chi connectivity index (χ2v) is 12.1. The third-order valence-electron chi connectivity index (χ3n) is 7.31. The summed E-state index contributed by atoms with van der Waals surface area (Å²) in [6, 6.07) is 10.4. The lowest BCUT2D eigenvalue weighted by Gasteiger charge is -2.33. The SMILES string of the molecule is Cc1cc(F)ccc1Nc1c(C(=O)N2CCC(c3ccc(F)cc3)CC2)cnc(S(=O)(=O)Nc2c(C)noc2C)c1Cl. The van der Waals surface area contributed by atoms with Gasteiger partial charge >= 0.3 is 0 Å². The number of anilines is 3. The molecule has 13 heteroatoms. The Morgan fingerprint density at radius 3 is 2.31 bits per heavy atom. The Hall–Kier alpha value is -4.03. The summed E-state index contributed by atoms with van der Waals surface area (Å²) < 4.78 is 61.4. The molecule has 1 aliphatic rings. The standard InChI is InChI=1S/C29H28ClF2N5O4S/c1-16-14-22(32)8-9-24(16)34-27-23(29(38)37-12-10-20(11-13-37)19-4-6-21(31)7-5-19)15-33-28(25(27)30)42(39,40)36-26-17(2)35-41-18(26)3/h4-9,14-15,20,36H,10-13H2,1-3H3,(H,33,34). The van der Waals surface area contributed by atoms with Crippen molar-refractivity contribution in [2.75, 3.05) is 23.1 Å². The predicted molar refractivity (Wildman–Crippen MR) is 155 cm³/mol. The van der Waals surface area contributed by atoms with Gasteiger partial charge in [0.15, 0.2) is 10.8 Å². The number of hydrogen-bond donors (Lipinski definition) is 2. The van der Waals surface area contributed by atoms with Crippen LogP contribution in [-0.4, -0.2) is 42.5 Å². The summed E-state index contributed by atoms with van der Waals surface area (Å²) >= 11 is 6.69. The van der Waals surface area contributed by atoms with E-state index in [0.717, 1.165) is 5.56 Å². The van der Waals surface area contributed by atoms with Crippen molar-refractivity contribution in [1.29, 1.82) is 0 Å². The Morgan fingerprint density at radius 1 is 1.02 bits per heavy atom. The third kappa shape index (κ3) is 5.95. The lowest BCUT2D eigenvalue weighted by molar-refractivity contribution is 0.0713. The first kappa shape index (κ1) is 29.5. The van der Waals surface area contributed by atoms with Crippen LogP contribution < -0.4 is 10.0 Å². The first-order valence-electron chi connectivity index (χ1n) is 13.2. The fourth-order valence-electron chi connectivity index (χ4n) is 4.98. The number of rotatable bonds is 7. The molecule has 2 aromatic carbocycles. The van der Waals surface area contributed by atoms with E-state index in [-0.39, 0.29) is 39.5 Å². The van der Waals surface area contributed by atoms with Crippen molar-refractivity contribution >= 4 is 44.6 Å². The summed E-state index contributed by atoms with van der Waals surface area (Å²) in [4.78, 5) is 19.5. The Labute approximate surface area is 246 Å². The Kier molecular flexibility index (Phi) is 8.20. The van der Waals surface area contributed by atoms with Gasteiger partial charge in [-0.3, -0.25) is 9.52 Å². The van der Waals surface area contributed by atoms with Crippen LogP contribution in [0.2, 0.25) is 5.02 Å². The summed E-state index contributed by atoms with van der Waals surface area (Å²) in [6.07, 6.45) is 2.49. The zero-order valence-electron chi connectivity index (χ0n) is 23.0. The number of halogens is 3. The average Bonchev–Trinajstić information content (AvgIpc) is 3.27. The van der Waals surface area contributed by atoms with Crippen molar-refractivity contribution < 1.29 is 26.5 Å². The fourth-order valence-corrected chi connectivity index (χ4v) is 6.66. The van der Waals surface area contributed by atoms with E-state index in [4.69, 9.17) is 16.1 Å². The number of sulfonamides is 1.